The van der Waals surface area contributed by atoms with Crippen LogP contribution in [0.4, 0.5) is 0 Å². The van der Waals surface area contributed by atoms with Gasteiger partial charge in [0.2, 0.25) is 0 Å². The quantitative estimate of drug-likeness (QED) is 0.271. The molecule has 26 heavy (non-hydrogen) atoms. The first kappa shape index (κ1) is 21.2. The van der Waals surface area contributed by atoms with E-state index in [2.05, 4.69) is 69.2 Å². The van der Waals surface area contributed by atoms with Crippen LogP contribution in [0.1, 0.15) is 29.3 Å². The summed E-state index contributed by atoms with van der Waals surface area (Å²) in [6.45, 7) is 8.08. The molecule has 142 valence electrons. The van der Waals surface area contributed by atoms with Crippen LogP contribution in [0, 0.1) is 0 Å². The average Bonchev–Trinajstić information content (AvgIpc) is 3.16. The maximum Gasteiger partial charge on any atom is 0.191 e. The summed E-state index contributed by atoms with van der Waals surface area (Å²) in [6, 6.07) is 13.0. The molecule has 1 aliphatic rings. The van der Waals surface area contributed by atoms with Crippen LogP contribution in [-0.2, 0) is 19.5 Å². The highest BCUT2D eigenvalue weighted by Crippen LogP contribution is 2.18. The largest absolute Gasteiger partial charge is 0.357 e. The third-order valence-electron chi connectivity index (χ3n) is 4.47. The topological polar surface area (TPSA) is 39.7 Å². The van der Waals surface area contributed by atoms with Crippen LogP contribution in [0.2, 0.25) is 0 Å². The SMILES string of the molecule is CCNC(=NCc1cccs1)NCCCN1CCc2ccccc2C1.I. The predicted molar refractivity (Wildman–Crippen MR) is 123 cm³/mol. The summed E-state index contributed by atoms with van der Waals surface area (Å²) < 4.78 is 0. The highest BCUT2D eigenvalue weighted by Gasteiger charge is 2.14. The highest BCUT2D eigenvalue weighted by atomic mass is 127. The molecule has 0 spiro atoms. The van der Waals surface area contributed by atoms with E-state index in [1.165, 1.54) is 29.0 Å². The van der Waals surface area contributed by atoms with Crippen molar-refractivity contribution in [3.05, 3.63) is 57.8 Å². The summed E-state index contributed by atoms with van der Waals surface area (Å²) in [5.74, 6) is 0.917. The fourth-order valence-electron chi connectivity index (χ4n) is 3.16. The molecule has 0 aliphatic carbocycles. The summed E-state index contributed by atoms with van der Waals surface area (Å²) in [7, 11) is 0. The first-order chi connectivity index (χ1) is 12.3. The summed E-state index contributed by atoms with van der Waals surface area (Å²) in [5, 5.41) is 8.88. The minimum absolute atomic E-state index is 0. The summed E-state index contributed by atoms with van der Waals surface area (Å²) in [6.07, 6.45) is 2.31. The molecule has 2 aromatic rings. The fraction of sp³-hybridized carbons (Fsp3) is 0.450. The number of rotatable bonds is 7. The number of hydrogen-bond donors (Lipinski definition) is 2. The maximum absolute atomic E-state index is 4.66. The molecule has 3 rings (SSSR count). The van der Waals surface area contributed by atoms with Gasteiger partial charge in [-0.1, -0.05) is 30.3 Å². The Morgan fingerprint density at radius 2 is 2.00 bits per heavy atom. The van der Waals surface area contributed by atoms with E-state index in [1.54, 1.807) is 11.3 Å². The van der Waals surface area contributed by atoms with Gasteiger partial charge in [0.25, 0.3) is 0 Å². The fourth-order valence-corrected chi connectivity index (χ4v) is 3.78. The van der Waals surface area contributed by atoms with E-state index in [0.717, 1.165) is 45.1 Å². The zero-order valence-electron chi connectivity index (χ0n) is 15.4. The molecule has 0 radical (unpaired) electrons. The summed E-state index contributed by atoms with van der Waals surface area (Å²) in [4.78, 5) is 8.51. The number of halogens is 1. The van der Waals surface area contributed by atoms with Crippen LogP contribution in [0.3, 0.4) is 0 Å². The van der Waals surface area contributed by atoms with E-state index in [9.17, 15) is 0 Å². The second-order valence-corrected chi connectivity index (χ2v) is 7.38. The lowest BCUT2D eigenvalue weighted by atomic mass is 10.00. The lowest BCUT2D eigenvalue weighted by molar-refractivity contribution is 0.251. The summed E-state index contributed by atoms with van der Waals surface area (Å²) >= 11 is 1.76. The molecule has 0 bridgehead atoms. The lowest BCUT2D eigenvalue weighted by Gasteiger charge is -2.28. The standard InChI is InChI=1S/C20H28N4S.HI/c1-2-21-20(23-15-19-9-5-14-25-19)22-11-6-12-24-13-10-17-7-3-4-8-18(17)16-24;/h3-5,7-9,14H,2,6,10-13,15-16H2,1H3,(H2,21,22,23);1H. The van der Waals surface area contributed by atoms with E-state index in [-0.39, 0.29) is 24.0 Å². The van der Waals surface area contributed by atoms with Crippen LogP contribution < -0.4 is 10.6 Å². The van der Waals surface area contributed by atoms with Crippen LogP contribution in [0.5, 0.6) is 0 Å². The van der Waals surface area contributed by atoms with Crippen LogP contribution in [-0.4, -0.2) is 37.0 Å². The zero-order valence-corrected chi connectivity index (χ0v) is 18.6. The number of nitrogens with one attached hydrogen (secondary N) is 2. The third kappa shape index (κ3) is 6.55. The van der Waals surface area contributed by atoms with Crippen molar-refractivity contribution >= 4 is 41.3 Å². The van der Waals surface area contributed by atoms with Gasteiger partial charge < -0.3 is 10.6 Å². The van der Waals surface area contributed by atoms with Crippen molar-refractivity contribution in [1.29, 1.82) is 0 Å². The average molecular weight is 484 g/mol. The molecule has 0 saturated heterocycles. The lowest BCUT2D eigenvalue weighted by Crippen LogP contribution is -2.39. The molecule has 1 aromatic carbocycles. The van der Waals surface area contributed by atoms with Gasteiger partial charge in [0.1, 0.15) is 0 Å². The number of hydrogen-bond acceptors (Lipinski definition) is 3. The molecule has 0 fully saturated rings. The molecule has 0 saturated carbocycles. The van der Waals surface area contributed by atoms with Gasteiger partial charge in [-0.3, -0.25) is 4.90 Å². The Balaban J connectivity index is 0.00000243. The van der Waals surface area contributed by atoms with Crippen molar-refractivity contribution in [2.45, 2.75) is 32.9 Å². The van der Waals surface area contributed by atoms with Gasteiger partial charge >= 0.3 is 0 Å². The van der Waals surface area contributed by atoms with Crippen LogP contribution >= 0.6 is 35.3 Å². The molecular formula is C20H29IN4S. The third-order valence-corrected chi connectivity index (χ3v) is 5.33. The zero-order chi connectivity index (χ0) is 17.3. The minimum Gasteiger partial charge on any atom is -0.357 e. The molecule has 1 aliphatic heterocycles. The van der Waals surface area contributed by atoms with E-state index >= 15 is 0 Å². The Morgan fingerprint density at radius 1 is 1.15 bits per heavy atom. The van der Waals surface area contributed by atoms with Gasteiger partial charge in [0.05, 0.1) is 6.54 Å². The molecule has 0 amide bonds. The summed E-state index contributed by atoms with van der Waals surface area (Å²) in [5.41, 5.74) is 3.01. The number of thiophene rings is 1. The highest BCUT2D eigenvalue weighted by molar-refractivity contribution is 14.0. The number of aliphatic imine (C=N–C) groups is 1. The van der Waals surface area contributed by atoms with Crippen molar-refractivity contribution in [3.8, 4) is 0 Å². The molecule has 6 heteroatoms. The van der Waals surface area contributed by atoms with Gasteiger partial charge in [-0.15, -0.1) is 35.3 Å². The molecule has 1 aromatic heterocycles. The monoisotopic (exact) mass is 484 g/mol. The van der Waals surface area contributed by atoms with Gasteiger partial charge in [-0.2, -0.15) is 0 Å². The molecular weight excluding hydrogens is 455 g/mol. The molecule has 0 unspecified atom stereocenters. The molecule has 0 atom stereocenters. The maximum atomic E-state index is 4.66. The second kappa shape index (κ2) is 11.6. The Morgan fingerprint density at radius 3 is 2.77 bits per heavy atom. The molecule has 2 heterocycles. The van der Waals surface area contributed by atoms with Gasteiger partial charge in [-0.25, -0.2) is 4.99 Å². The van der Waals surface area contributed by atoms with Gasteiger partial charge in [0, 0.05) is 37.6 Å². The van der Waals surface area contributed by atoms with Crippen molar-refractivity contribution < 1.29 is 0 Å². The van der Waals surface area contributed by atoms with Crippen LogP contribution in [0.25, 0.3) is 0 Å². The molecule has 4 nitrogen and oxygen atoms in total. The Labute approximate surface area is 178 Å². The predicted octanol–water partition coefficient (Wildman–Crippen LogP) is 3.87. The van der Waals surface area contributed by atoms with Gasteiger partial charge in [0.15, 0.2) is 5.96 Å². The van der Waals surface area contributed by atoms with Crippen molar-refractivity contribution in [2.75, 3.05) is 26.2 Å². The van der Waals surface area contributed by atoms with Gasteiger partial charge in [-0.05, 0) is 42.3 Å². The van der Waals surface area contributed by atoms with E-state index in [0.29, 0.717) is 0 Å². The molecule has 2 N–H and O–H groups in total. The van der Waals surface area contributed by atoms with Crippen LogP contribution in [0.15, 0.2) is 46.8 Å². The number of nitrogens with zero attached hydrogens (tertiary/aromatic N) is 2. The Bertz CT molecular complexity index is 672. The van der Waals surface area contributed by atoms with E-state index in [4.69, 9.17) is 0 Å². The number of benzene rings is 1. The van der Waals surface area contributed by atoms with Crippen molar-refractivity contribution in [3.63, 3.8) is 0 Å². The first-order valence-corrected chi connectivity index (χ1v) is 10.1. The van der Waals surface area contributed by atoms with E-state index < -0.39 is 0 Å². The number of guanidine groups is 1. The normalized spacial score (nSPS) is 14.4. The van der Waals surface area contributed by atoms with Crippen molar-refractivity contribution in [2.24, 2.45) is 4.99 Å². The number of fused-ring (bicyclic) bond motifs is 1. The second-order valence-electron chi connectivity index (χ2n) is 6.35. The van der Waals surface area contributed by atoms with Crippen molar-refractivity contribution in [1.82, 2.24) is 15.5 Å². The Kier molecular flexibility index (Phi) is 9.42. The van der Waals surface area contributed by atoms with E-state index in [1.807, 2.05) is 0 Å². The minimum atomic E-state index is 0. The Hall–Kier alpha value is -1.12. The first-order valence-electron chi connectivity index (χ1n) is 9.19. The smallest absolute Gasteiger partial charge is 0.191 e.